The Morgan fingerprint density at radius 2 is 1.94 bits per heavy atom. The summed E-state index contributed by atoms with van der Waals surface area (Å²) in [5.41, 5.74) is 0.556. The fourth-order valence-electron chi connectivity index (χ4n) is 3.56. The number of benzene rings is 1. The molecule has 1 aromatic carbocycles. The summed E-state index contributed by atoms with van der Waals surface area (Å²) in [7, 11) is -3.04. The van der Waals surface area contributed by atoms with Crippen molar-refractivity contribution in [2.75, 3.05) is 13.7 Å². The van der Waals surface area contributed by atoms with E-state index in [1.807, 2.05) is 13.8 Å². The maximum absolute atomic E-state index is 13.9. The van der Waals surface area contributed by atoms with E-state index < -0.39 is 33.5 Å². The molecule has 3 rings (SSSR count). The van der Waals surface area contributed by atoms with E-state index in [1.54, 1.807) is 6.07 Å². The van der Waals surface area contributed by atoms with Crippen molar-refractivity contribution in [2.45, 2.75) is 44.0 Å². The van der Waals surface area contributed by atoms with Crippen LogP contribution in [0.3, 0.4) is 0 Å². The van der Waals surface area contributed by atoms with Crippen LogP contribution in [-0.4, -0.2) is 44.6 Å². The van der Waals surface area contributed by atoms with Crippen molar-refractivity contribution in [1.29, 1.82) is 0 Å². The minimum atomic E-state index is -4.19. The smallest absolute Gasteiger partial charge is 0.340 e. The number of nitrogens with one attached hydrogen (secondary N) is 1. The monoisotopic (exact) mass is 496 g/mol. The number of thiophene rings is 1. The van der Waals surface area contributed by atoms with Gasteiger partial charge in [-0.15, -0.1) is 11.3 Å². The number of halogens is 1. The fourth-order valence-corrected chi connectivity index (χ4v) is 6.51. The van der Waals surface area contributed by atoms with Crippen LogP contribution in [0.2, 0.25) is 0 Å². The SMILES string of the molecule is COC(=O)c1c(S(=O)(=O)NCc2ccccc2F)sc2c1CCN(C(=O)C(=O)CC(C)C)C2. The summed E-state index contributed by atoms with van der Waals surface area (Å²) in [6, 6.07) is 5.76. The van der Waals surface area contributed by atoms with E-state index in [2.05, 4.69) is 4.72 Å². The van der Waals surface area contributed by atoms with Gasteiger partial charge in [0.2, 0.25) is 5.78 Å². The minimum Gasteiger partial charge on any atom is -0.465 e. The van der Waals surface area contributed by atoms with Gasteiger partial charge in [0.1, 0.15) is 10.0 Å². The fraction of sp³-hybridized carbons (Fsp3) is 0.409. The van der Waals surface area contributed by atoms with Crippen LogP contribution in [0.25, 0.3) is 0 Å². The zero-order chi connectivity index (χ0) is 24.3. The molecule has 0 saturated carbocycles. The topological polar surface area (TPSA) is 110 Å². The Morgan fingerprint density at radius 1 is 1.24 bits per heavy atom. The third-order valence-electron chi connectivity index (χ3n) is 5.19. The number of carbonyl (C=O) groups excluding carboxylic acids is 3. The van der Waals surface area contributed by atoms with Crippen molar-refractivity contribution in [3.05, 3.63) is 51.7 Å². The molecule has 0 radical (unpaired) electrons. The number of nitrogens with zero attached hydrogens (tertiary/aromatic N) is 1. The quantitative estimate of drug-likeness (QED) is 0.445. The summed E-state index contributed by atoms with van der Waals surface area (Å²) in [5.74, 6) is -2.46. The molecule has 33 heavy (non-hydrogen) atoms. The molecule has 0 spiro atoms. The average Bonchev–Trinajstić information content (AvgIpc) is 3.17. The molecule has 8 nitrogen and oxygen atoms in total. The molecule has 1 aliphatic rings. The van der Waals surface area contributed by atoms with Crippen molar-refractivity contribution in [3.8, 4) is 0 Å². The highest BCUT2D eigenvalue weighted by atomic mass is 32.2. The second-order valence-electron chi connectivity index (χ2n) is 8.07. The second kappa shape index (κ2) is 10.1. The molecule has 178 valence electrons. The maximum Gasteiger partial charge on any atom is 0.340 e. The van der Waals surface area contributed by atoms with Crippen molar-refractivity contribution < 1.29 is 31.9 Å². The Balaban J connectivity index is 1.90. The lowest BCUT2D eigenvalue weighted by atomic mass is 10.0. The summed E-state index contributed by atoms with van der Waals surface area (Å²) < 4.78 is 46.9. The number of Topliss-reactive ketones (excluding diaryl/α,β-unsaturated/α-hetero) is 1. The van der Waals surface area contributed by atoms with E-state index in [-0.39, 0.29) is 53.7 Å². The van der Waals surface area contributed by atoms with Crippen LogP contribution in [0.1, 0.15) is 46.6 Å². The first kappa shape index (κ1) is 25.0. The number of fused-ring (bicyclic) bond motifs is 1. The van der Waals surface area contributed by atoms with E-state index in [9.17, 15) is 27.2 Å². The molecule has 1 aromatic heterocycles. The molecule has 0 fully saturated rings. The zero-order valence-electron chi connectivity index (χ0n) is 18.5. The number of amides is 1. The Hall–Kier alpha value is -2.63. The first-order chi connectivity index (χ1) is 15.5. The molecular formula is C22H25FN2O6S2. The predicted molar refractivity (Wildman–Crippen MR) is 120 cm³/mol. The van der Waals surface area contributed by atoms with Gasteiger partial charge in [0.05, 0.1) is 19.2 Å². The summed E-state index contributed by atoms with van der Waals surface area (Å²) in [4.78, 5) is 39.1. The third kappa shape index (κ3) is 5.48. The molecule has 0 aliphatic carbocycles. The van der Waals surface area contributed by atoms with Gasteiger partial charge in [0.15, 0.2) is 0 Å². The van der Waals surface area contributed by atoms with Crippen LogP contribution in [0.15, 0.2) is 28.5 Å². The summed E-state index contributed by atoms with van der Waals surface area (Å²) >= 11 is 0.848. The second-order valence-corrected chi connectivity index (χ2v) is 11.1. The Kier molecular flexibility index (Phi) is 7.65. The van der Waals surface area contributed by atoms with E-state index in [0.29, 0.717) is 10.4 Å². The van der Waals surface area contributed by atoms with Gasteiger partial charge >= 0.3 is 5.97 Å². The predicted octanol–water partition coefficient (Wildman–Crippen LogP) is 2.65. The third-order valence-corrected chi connectivity index (χ3v) is 8.32. The number of ketones is 1. The highest BCUT2D eigenvalue weighted by Crippen LogP contribution is 2.37. The van der Waals surface area contributed by atoms with E-state index in [4.69, 9.17) is 4.74 Å². The molecule has 0 bridgehead atoms. The molecule has 11 heteroatoms. The largest absolute Gasteiger partial charge is 0.465 e. The maximum atomic E-state index is 13.9. The summed E-state index contributed by atoms with van der Waals surface area (Å²) in [6.45, 7) is 3.58. The molecule has 1 amide bonds. The van der Waals surface area contributed by atoms with E-state index >= 15 is 0 Å². The molecule has 2 aromatic rings. The van der Waals surface area contributed by atoms with Gasteiger partial charge in [-0.05, 0) is 24.0 Å². The summed E-state index contributed by atoms with van der Waals surface area (Å²) in [5, 5.41) is 0. The number of methoxy groups -OCH3 is 1. The lowest BCUT2D eigenvalue weighted by Crippen LogP contribution is -2.40. The van der Waals surface area contributed by atoms with Crippen LogP contribution in [-0.2, 0) is 43.9 Å². The van der Waals surface area contributed by atoms with Gasteiger partial charge in [-0.3, -0.25) is 9.59 Å². The highest BCUT2D eigenvalue weighted by Gasteiger charge is 2.36. The molecular weight excluding hydrogens is 471 g/mol. The molecule has 2 heterocycles. The van der Waals surface area contributed by atoms with Gasteiger partial charge in [-0.25, -0.2) is 22.3 Å². The van der Waals surface area contributed by atoms with Gasteiger partial charge in [-0.1, -0.05) is 32.0 Å². The number of esters is 1. The van der Waals surface area contributed by atoms with Crippen LogP contribution < -0.4 is 4.72 Å². The molecule has 0 saturated heterocycles. The minimum absolute atomic E-state index is 0.0233. The van der Waals surface area contributed by atoms with Crippen molar-refractivity contribution in [3.63, 3.8) is 0 Å². The Bertz CT molecular complexity index is 1190. The van der Waals surface area contributed by atoms with Crippen LogP contribution in [0, 0.1) is 11.7 Å². The van der Waals surface area contributed by atoms with Crippen LogP contribution >= 0.6 is 11.3 Å². The lowest BCUT2D eigenvalue weighted by molar-refractivity contribution is -0.145. The average molecular weight is 497 g/mol. The zero-order valence-corrected chi connectivity index (χ0v) is 20.1. The molecule has 0 unspecified atom stereocenters. The Morgan fingerprint density at radius 3 is 2.58 bits per heavy atom. The first-order valence-electron chi connectivity index (χ1n) is 10.3. The molecule has 0 atom stereocenters. The summed E-state index contributed by atoms with van der Waals surface area (Å²) in [6.07, 6.45) is 0.333. The van der Waals surface area contributed by atoms with Crippen LogP contribution in [0.4, 0.5) is 4.39 Å². The highest BCUT2D eigenvalue weighted by molar-refractivity contribution is 7.91. The number of hydrogen-bond donors (Lipinski definition) is 1. The normalized spacial score (nSPS) is 13.7. The lowest BCUT2D eigenvalue weighted by Gasteiger charge is -2.26. The van der Waals surface area contributed by atoms with Gasteiger partial charge < -0.3 is 9.64 Å². The number of sulfonamides is 1. The van der Waals surface area contributed by atoms with Gasteiger partial charge in [0.25, 0.3) is 15.9 Å². The molecule has 1 N–H and O–H groups in total. The van der Waals surface area contributed by atoms with Crippen molar-refractivity contribution >= 4 is 39.0 Å². The van der Waals surface area contributed by atoms with Gasteiger partial charge in [0, 0.05) is 30.0 Å². The number of ether oxygens (including phenoxy) is 1. The number of rotatable bonds is 8. The number of carbonyl (C=O) groups is 3. The standard InChI is InChI=1S/C22H25FN2O6S2/c1-13(2)10-17(26)20(27)25-9-8-15-18(12-25)32-22(19(15)21(28)31-3)33(29,30)24-11-14-6-4-5-7-16(14)23/h4-7,13,24H,8-12H2,1-3H3. The molecule has 1 aliphatic heterocycles. The van der Waals surface area contributed by atoms with Crippen molar-refractivity contribution in [1.82, 2.24) is 9.62 Å². The van der Waals surface area contributed by atoms with Gasteiger partial charge in [-0.2, -0.15) is 0 Å². The van der Waals surface area contributed by atoms with E-state index in [1.165, 1.54) is 23.1 Å². The van der Waals surface area contributed by atoms with E-state index in [0.717, 1.165) is 18.4 Å². The van der Waals surface area contributed by atoms with Crippen LogP contribution in [0.5, 0.6) is 0 Å². The van der Waals surface area contributed by atoms with Crippen molar-refractivity contribution in [2.24, 2.45) is 5.92 Å². The Labute approximate surface area is 195 Å². The first-order valence-corrected chi connectivity index (χ1v) is 12.6. The number of hydrogen-bond acceptors (Lipinski definition) is 7.